The third-order valence-electron chi connectivity index (χ3n) is 3.37. The fourth-order valence-corrected chi connectivity index (χ4v) is 2.24. The van der Waals surface area contributed by atoms with Gasteiger partial charge < -0.3 is 10.6 Å². The molecule has 2 aromatic carbocycles. The molecule has 2 amide bonds. The Morgan fingerprint density at radius 1 is 1.04 bits per heavy atom. The highest BCUT2D eigenvalue weighted by molar-refractivity contribution is 5.79. The second-order valence-corrected chi connectivity index (χ2v) is 5.27. The van der Waals surface area contributed by atoms with E-state index in [4.69, 9.17) is 0 Å². The fourth-order valence-electron chi connectivity index (χ4n) is 2.24. The first kappa shape index (κ1) is 16.7. The van der Waals surface area contributed by atoms with E-state index in [1.165, 1.54) is 19.1 Å². The number of amides is 2. The molecule has 0 saturated carbocycles. The third-order valence-corrected chi connectivity index (χ3v) is 3.37. The van der Waals surface area contributed by atoms with Crippen molar-refractivity contribution >= 4 is 11.8 Å². The van der Waals surface area contributed by atoms with Crippen LogP contribution in [0.3, 0.4) is 0 Å². The van der Waals surface area contributed by atoms with E-state index in [-0.39, 0.29) is 30.1 Å². The Labute approximate surface area is 134 Å². The van der Waals surface area contributed by atoms with Crippen molar-refractivity contribution < 1.29 is 14.0 Å². The van der Waals surface area contributed by atoms with Crippen LogP contribution in [0.1, 0.15) is 30.5 Å². The molecule has 2 aromatic rings. The van der Waals surface area contributed by atoms with E-state index in [0.29, 0.717) is 6.54 Å². The molecule has 0 spiro atoms. The molecule has 4 nitrogen and oxygen atoms in total. The SMILES string of the molecule is CC(=O)N[C@H](CC(=O)NCc1ccc(F)cc1)c1ccccc1. The van der Waals surface area contributed by atoms with Crippen LogP contribution in [-0.2, 0) is 16.1 Å². The molecule has 120 valence electrons. The van der Waals surface area contributed by atoms with Gasteiger partial charge in [-0.25, -0.2) is 4.39 Å². The average Bonchev–Trinajstić information content (AvgIpc) is 2.54. The maximum atomic E-state index is 12.8. The number of hydrogen-bond donors (Lipinski definition) is 2. The number of rotatable bonds is 6. The molecule has 0 bridgehead atoms. The van der Waals surface area contributed by atoms with Gasteiger partial charge in [-0.1, -0.05) is 42.5 Å². The molecule has 0 saturated heterocycles. The first-order chi connectivity index (χ1) is 11.0. The molecule has 0 aliphatic rings. The number of halogens is 1. The number of carbonyl (C=O) groups excluding carboxylic acids is 2. The van der Waals surface area contributed by atoms with E-state index in [0.717, 1.165) is 11.1 Å². The molecule has 2 rings (SSSR count). The van der Waals surface area contributed by atoms with E-state index in [1.807, 2.05) is 30.3 Å². The van der Waals surface area contributed by atoms with Crippen molar-refractivity contribution in [3.05, 3.63) is 71.5 Å². The van der Waals surface area contributed by atoms with Crippen LogP contribution in [0.15, 0.2) is 54.6 Å². The molecular weight excluding hydrogens is 295 g/mol. The second kappa shape index (κ2) is 8.08. The normalized spacial score (nSPS) is 11.6. The predicted molar refractivity (Wildman–Crippen MR) is 85.9 cm³/mol. The van der Waals surface area contributed by atoms with Crippen LogP contribution in [0.4, 0.5) is 4.39 Å². The highest BCUT2D eigenvalue weighted by Gasteiger charge is 2.16. The smallest absolute Gasteiger partial charge is 0.222 e. The van der Waals surface area contributed by atoms with Gasteiger partial charge in [0.15, 0.2) is 0 Å². The Balaban J connectivity index is 1.94. The summed E-state index contributed by atoms with van der Waals surface area (Å²) in [6.07, 6.45) is 0.144. The Morgan fingerprint density at radius 3 is 2.30 bits per heavy atom. The van der Waals surface area contributed by atoms with Crippen molar-refractivity contribution in [3.8, 4) is 0 Å². The molecule has 1 atom stereocenters. The van der Waals surface area contributed by atoms with Crippen molar-refractivity contribution in [2.24, 2.45) is 0 Å². The summed E-state index contributed by atoms with van der Waals surface area (Å²) in [7, 11) is 0. The minimum absolute atomic E-state index is 0.144. The average molecular weight is 314 g/mol. The molecular formula is C18H19FN2O2. The lowest BCUT2D eigenvalue weighted by atomic mass is 10.0. The van der Waals surface area contributed by atoms with E-state index in [1.54, 1.807) is 12.1 Å². The van der Waals surface area contributed by atoms with Crippen LogP contribution in [-0.4, -0.2) is 11.8 Å². The van der Waals surface area contributed by atoms with Gasteiger partial charge in [0, 0.05) is 13.5 Å². The summed E-state index contributed by atoms with van der Waals surface area (Å²) in [5.41, 5.74) is 1.69. The Hall–Kier alpha value is -2.69. The Morgan fingerprint density at radius 2 is 1.70 bits per heavy atom. The van der Waals surface area contributed by atoms with E-state index < -0.39 is 0 Å². The summed E-state index contributed by atoms with van der Waals surface area (Å²) in [6.45, 7) is 1.74. The summed E-state index contributed by atoms with van der Waals surface area (Å²) in [4.78, 5) is 23.5. The lowest BCUT2D eigenvalue weighted by Crippen LogP contribution is -2.32. The highest BCUT2D eigenvalue weighted by Crippen LogP contribution is 2.16. The van der Waals surface area contributed by atoms with E-state index in [2.05, 4.69) is 10.6 Å². The minimum atomic E-state index is -0.373. The van der Waals surface area contributed by atoms with Gasteiger partial charge >= 0.3 is 0 Å². The van der Waals surface area contributed by atoms with E-state index >= 15 is 0 Å². The number of hydrogen-bond acceptors (Lipinski definition) is 2. The number of nitrogens with one attached hydrogen (secondary N) is 2. The maximum absolute atomic E-state index is 12.8. The zero-order valence-corrected chi connectivity index (χ0v) is 12.9. The van der Waals surface area contributed by atoms with Gasteiger partial charge in [0.25, 0.3) is 0 Å². The van der Waals surface area contributed by atoms with Gasteiger partial charge in [-0.05, 0) is 23.3 Å². The van der Waals surface area contributed by atoms with Crippen molar-refractivity contribution in [2.45, 2.75) is 25.9 Å². The van der Waals surface area contributed by atoms with Crippen LogP contribution in [0, 0.1) is 5.82 Å². The molecule has 0 aromatic heterocycles. The summed E-state index contributed by atoms with van der Waals surface area (Å²) in [6, 6.07) is 14.9. The zero-order valence-electron chi connectivity index (χ0n) is 12.9. The standard InChI is InChI=1S/C18H19FN2O2/c1-13(22)21-17(15-5-3-2-4-6-15)11-18(23)20-12-14-7-9-16(19)10-8-14/h2-10,17H,11-12H2,1H3,(H,20,23)(H,21,22)/t17-/m1/s1. The lowest BCUT2D eigenvalue weighted by Gasteiger charge is -2.18. The second-order valence-electron chi connectivity index (χ2n) is 5.27. The molecule has 0 aliphatic heterocycles. The van der Waals surface area contributed by atoms with E-state index in [9.17, 15) is 14.0 Å². The predicted octanol–water partition coefficient (Wildman–Crippen LogP) is 2.71. The molecule has 0 heterocycles. The van der Waals surface area contributed by atoms with Crippen LogP contribution >= 0.6 is 0 Å². The van der Waals surface area contributed by atoms with Gasteiger partial charge in [0.2, 0.25) is 11.8 Å². The lowest BCUT2D eigenvalue weighted by molar-refractivity contribution is -0.122. The molecule has 0 fully saturated rings. The quantitative estimate of drug-likeness (QED) is 0.861. The van der Waals surface area contributed by atoms with Crippen molar-refractivity contribution in [1.82, 2.24) is 10.6 Å². The maximum Gasteiger partial charge on any atom is 0.222 e. The number of carbonyl (C=O) groups is 2. The van der Waals surface area contributed by atoms with Crippen LogP contribution < -0.4 is 10.6 Å². The largest absolute Gasteiger partial charge is 0.352 e. The highest BCUT2D eigenvalue weighted by atomic mass is 19.1. The minimum Gasteiger partial charge on any atom is -0.352 e. The molecule has 23 heavy (non-hydrogen) atoms. The van der Waals surface area contributed by atoms with Gasteiger partial charge in [0.1, 0.15) is 5.82 Å². The molecule has 0 aliphatic carbocycles. The van der Waals surface area contributed by atoms with Gasteiger partial charge in [-0.15, -0.1) is 0 Å². The first-order valence-electron chi connectivity index (χ1n) is 7.38. The van der Waals surface area contributed by atoms with Crippen molar-refractivity contribution in [3.63, 3.8) is 0 Å². The molecule has 0 radical (unpaired) electrons. The Bertz CT molecular complexity index is 656. The number of benzene rings is 2. The fraction of sp³-hybridized carbons (Fsp3) is 0.222. The third kappa shape index (κ3) is 5.54. The summed E-state index contributed by atoms with van der Waals surface area (Å²) in [5, 5.41) is 5.56. The Kier molecular flexibility index (Phi) is 5.86. The summed E-state index contributed by atoms with van der Waals surface area (Å²) in [5.74, 6) is -0.683. The molecule has 0 unspecified atom stereocenters. The van der Waals surface area contributed by atoms with Crippen molar-refractivity contribution in [1.29, 1.82) is 0 Å². The van der Waals surface area contributed by atoms with Gasteiger partial charge in [-0.2, -0.15) is 0 Å². The summed E-state index contributed by atoms with van der Waals surface area (Å²) >= 11 is 0. The monoisotopic (exact) mass is 314 g/mol. The summed E-state index contributed by atoms with van der Waals surface area (Å²) < 4.78 is 12.8. The molecule has 5 heteroatoms. The first-order valence-corrected chi connectivity index (χ1v) is 7.38. The zero-order chi connectivity index (χ0) is 16.7. The van der Waals surface area contributed by atoms with Crippen molar-refractivity contribution in [2.75, 3.05) is 0 Å². The topological polar surface area (TPSA) is 58.2 Å². The van der Waals surface area contributed by atoms with Crippen LogP contribution in [0.25, 0.3) is 0 Å². The van der Waals surface area contributed by atoms with Crippen LogP contribution in [0.5, 0.6) is 0 Å². The van der Waals surface area contributed by atoms with Gasteiger partial charge in [0.05, 0.1) is 12.5 Å². The molecule has 2 N–H and O–H groups in total. The van der Waals surface area contributed by atoms with Crippen LogP contribution in [0.2, 0.25) is 0 Å². The van der Waals surface area contributed by atoms with Gasteiger partial charge in [-0.3, -0.25) is 9.59 Å².